The number of pyridine rings is 1. The maximum atomic E-state index is 12.4. The van der Waals surface area contributed by atoms with E-state index in [0.29, 0.717) is 6.20 Å². The fraction of sp³-hybridized carbons (Fsp3) is 0.417. The molecular weight excluding hydrogens is 293 g/mol. The summed E-state index contributed by atoms with van der Waals surface area (Å²) in [7, 11) is 0. The molecule has 1 fully saturated rings. The number of hydrogen-bond donors (Lipinski definition) is 2. The lowest BCUT2D eigenvalue weighted by Crippen LogP contribution is -2.42. The molecule has 0 bridgehead atoms. The van der Waals surface area contributed by atoms with E-state index in [9.17, 15) is 22.8 Å². The minimum Gasteiger partial charge on any atom is -0.481 e. The monoisotopic (exact) mass is 304 g/mol. The fourth-order valence-corrected chi connectivity index (χ4v) is 1.88. The number of carbonyl (C=O) groups is 2. The first-order valence-corrected chi connectivity index (χ1v) is 5.93. The van der Waals surface area contributed by atoms with Gasteiger partial charge in [-0.15, -0.1) is 0 Å². The van der Waals surface area contributed by atoms with Crippen molar-refractivity contribution in [3.05, 3.63) is 29.6 Å². The number of aromatic nitrogens is 1. The first kappa shape index (κ1) is 15.2. The Hall–Kier alpha value is -2.16. The highest BCUT2D eigenvalue weighted by Crippen LogP contribution is 2.28. The minimum atomic E-state index is -4.53. The summed E-state index contributed by atoms with van der Waals surface area (Å²) < 4.78 is 42.1. The topological polar surface area (TPSA) is 88.5 Å². The Labute approximate surface area is 116 Å². The summed E-state index contributed by atoms with van der Waals surface area (Å²) in [5, 5.41) is 11.3. The molecule has 1 aliphatic rings. The molecule has 1 aromatic rings. The molecular formula is C12H11F3N2O4. The van der Waals surface area contributed by atoms with Crippen molar-refractivity contribution in [2.75, 3.05) is 13.2 Å². The van der Waals surface area contributed by atoms with Crippen LogP contribution in [-0.4, -0.2) is 41.2 Å². The molecule has 1 aliphatic heterocycles. The Kier molecular flexibility index (Phi) is 4.12. The molecule has 1 saturated heterocycles. The maximum absolute atomic E-state index is 12.4. The lowest BCUT2D eigenvalue weighted by atomic mass is 10.0. The zero-order valence-corrected chi connectivity index (χ0v) is 10.6. The van der Waals surface area contributed by atoms with E-state index in [1.165, 1.54) is 0 Å². The van der Waals surface area contributed by atoms with Crippen LogP contribution in [0.2, 0.25) is 0 Å². The zero-order valence-electron chi connectivity index (χ0n) is 10.6. The van der Waals surface area contributed by atoms with Crippen molar-refractivity contribution < 1.29 is 32.6 Å². The van der Waals surface area contributed by atoms with Gasteiger partial charge in [-0.2, -0.15) is 13.2 Å². The maximum Gasteiger partial charge on any atom is 0.417 e. The molecule has 6 nitrogen and oxygen atoms in total. The van der Waals surface area contributed by atoms with Crippen LogP contribution in [0.3, 0.4) is 0 Å². The number of ether oxygens (including phenoxy) is 1. The van der Waals surface area contributed by atoms with Crippen LogP contribution in [-0.2, 0) is 15.7 Å². The highest BCUT2D eigenvalue weighted by Gasteiger charge is 2.35. The Morgan fingerprint density at radius 2 is 2.05 bits per heavy atom. The van der Waals surface area contributed by atoms with Crippen LogP contribution in [0.1, 0.15) is 16.1 Å². The lowest BCUT2D eigenvalue weighted by molar-refractivity contribution is -0.142. The zero-order chi connectivity index (χ0) is 15.6. The molecule has 2 N–H and O–H groups in total. The quantitative estimate of drug-likeness (QED) is 0.867. The average Bonchev–Trinajstić information content (AvgIpc) is 2.86. The third-order valence-corrected chi connectivity index (χ3v) is 3.04. The average molecular weight is 304 g/mol. The minimum absolute atomic E-state index is 0.0271. The molecule has 1 amide bonds. The summed E-state index contributed by atoms with van der Waals surface area (Å²) >= 11 is 0. The van der Waals surface area contributed by atoms with Gasteiger partial charge >= 0.3 is 12.1 Å². The Morgan fingerprint density at radius 1 is 1.33 bits per heavy atom. The second-order valence-corrected chi connectivity index (χ2v) is 4.49. The summed E-state index contributed by atoms with van der Waals surface area (Å²) in [6, 6.07) is 0.935. The number of nitrogens with one attached hydrogen (secondary N) is 1. The number of halogens is 3. The number of nitrogens with zero attached hydrogens (tertiary/aromatic N) is 1. The van der Waals surface area contributed by atoms with Gasteiger partial charge in [0.05, 0.1) is 24.8 Å². The van der Waals surface area contributed by atoms with Gasteiger partial charge in [-0.25, -0.2) is 0 Å². The van der Waals surface area contributed by atoms with Crippen LogP contribution in [0.5, 0.6) is 0 Å². The molecule has 9 heteroatoms. The van der Waals surface area contributed by atoms with Gasteiger partial charge in [0, 0.05) is 6.20 Å². The van der Waals surface area contributed by atoms with Crippen LogP contribution < -0.4 is 5.32 Å². The van der Waals surface area contributed by atoms with Crippen LogP contribution in [0, 0.1) is 5.92 Å². The smallest absolute Gasteiger partial charge is 0.417 e. The standard InChI is InChI=1S/C12H11F3N2O4/c13-12(14,15)6-1-2-8(16-3-6)10(18)17-9-5-21-4-7(9)11(19)20/h1-3,7,9H,4-5H2,(H,17,18)(H,19,20). The van der Waals surface area contributed by atoms with Crippen LogP contribution >= 0.6 is 0 Å². The van der Waals surface area contributed by atoms with E-state index in [1.54, 1.807) is 0 Å². The van der Waals surface area contributed by atoms with Gasteiger partial charge in [-0.1, -0.05) is 0 Å². The van der Waals surface area contributed by atoms with Crippen LogP contribution in [0.15, 0.2) is 18.3 Å². The SMILES string of the molecule is O=C(NC1COCC1C(=O)O)c1ccc(C(F)(F)F)cn1. The van der Waals surface area contributed by atoms with E-state index >= 15 is 0 Å². The van der Waals surface area contributed by atoms with Crippen molar-refractivity contribution in [2.45, 2.75) is 12.2 Å². The largest absolute Gasteiger partial charge is 0.481 e. The van der Waals surface area contributed by atoms with Gasteiger partial charge in [0.1, 0.15) is 11.6 Å². The third-order valence-electron chi connectivity index (χ3n) is 3.04. The molecule has 2 unspecified atom stereocenters. The number of hydrogen-bond acceptors (Lipinski definition) is 4. The lowest BCUT2D eigenvalue weighted by Gasteiger charge is -2.15. The summed E-state index contributed by atoms with van der Waals surface area (Å²) in [5.74, 6) is -2.74. The molecule has 21 heavy (non-hydrogen) atoms. The van der Waals surface area contributed by atoms with Crippen molar-refractivity contribution in [1.29, 1.82) is 0 Å². The Balaban J connectivity index is 2.05. The van der Waals surface area contributed by atoms with Gasteiger partial charge in [0.25, 0.3) is 5.91 Å². The predicted octanol–water partition coefficient (Wildman–Crippen LogP) is 0.930. The summed E-state index contributed by atoms with van der Waals surface area (Å²) in [6.07, 6.45) is -3.98. The number of carboxylic acid groups (broad SMARTS) is 1. The van der Waals surface area contributed by atoms with E-state index in [1.807, 2.05) is 0 Å². The summed E-state index contributed by atoms with van der Waals surface area (Å²) in [4.78, 5) is 26.2. The van der Waals surface area contributed by atoms with E-state index in [4.69, 9.17) is 9.84 Å². The van der Waals surface area contributed by atoms with Crippen molar-refractivity contribution in [3.63, 3.8) is 0 Å². The fourth-order valence-electron chi connectivity index (χ4n) is 1.88. The predicted molar refractivity (Wildman–Crippen MR) is 62.4 cm³/mol. The van der Waals surface area contributed by atoms with Crippen LogP contribution in [0.4, 0.5) is 13.2 Å². The normalized spacial score (nSPS) is 22.0. The molecule has 0 spiro atoms. The van der Waals surface area contributed by atoms with Crippen molar-refractivity contribution >= 4 is 11.9 Å². The molecule has 2 rings (SSSR count). The number of aliphatic carboxylic acids is 1. The number of rotatable bonds is 3. The second-order valence-electron chi connectivity index (χ2n) is 4.49. The highest BCUT2D eigenvalue weighted by molar-refractivity contribution is 5.92. The van der Waals surface area contributed by atoms with Gasteiger partial charge in [0.15, 0.2) is 0 Å². The van der Waals surface area contributed by atoms with Gasteiger partial charge in [-0.05, 0) is 12.1 Å². The van der Waals surface area contributed by atoms with Gasteiger partial charge in [0.2, 0.25) is 0 Å². The van der Waals surface area contributed by atoms with Crippen molar-refractivity contribution in [2.24, 2.45) is 5.92 Å². The van der Waals surface area contributed by atoms with E-state index in [0.717, 1.165) is 12.1 Å². The molecule has 114 valence electrons. The molecule has 2 atom stereocenters. The van der Waals surface area contributed by atoms with Crippen molar-refractivity contribution in [3.8, 4) is 0 Å². The molecule has 0 radical (unpaired) electrons. The number of carboxylic acids is 1. The highest BCUT2D eigenvalue weighted by atomic mass is 19.4. The van der Waals surface area contributed by atoms with Gasteiger partial charge in [-0.3, -0.25) is 14.6 Å². The summed E-state index contributed by atoms with van der Waals surface area (Å²) in [5.41, 5.74) is -1.19. The Bertz CT molecular complexity index is 544. The van der Waals surface area contributed by atoms with E-state index < -0.39 is 35.6 Å². The number of amides is 1. The van der Waals surface area contributed by atoms with Gasteiger partial charge < -0.3 is 15.2 Å². The van der Waals surface area contributed by atoms with Crippen LogP contribution in [0.25, 0.3) is 0 Å². The third kappa shape index (κ3) is 3.48. The molecule has 0 aromatic carbocycles. The summed E-state index contributed by atoms with van der Waals surface area (Å²) in [6.45, 7) is 0.00403. The Morgan fingerprint density at radius 3 is 2.57 bits per heavy atom. The number of alkyl halides is 3. The van der Waals surface area contributed by atoms with Crippen molar-refractivity contribution in [1.82, 2.24) is 10.3 Å². The molecule has 1 aromatic heterocycles. The second kappa shape index (κ2) is 5.68. The van der Waals surface area contributed by atoms with E-state index in [2.05, 4.69) is 10.3 Å². The molecule has 0 saturated carbocycles. The number of carbonyl (C=O) groups excluding carboxylic acids is 1. The molecule has 2 heterocycles. The molecule has 0 aliphatic carbocycles. The first-order valence-electron chi connectivity index (χ1n) is 5.93. The first-order chi connectivity index (χ1) is 9.79. The van der Waals surface area contributed by atoms with E-state index in [-0.39, 0.29) is 18.9 Å².